The number of aromatic amines is 1. The number of piperazine rings is 1. The van der Waals surface area contributed by atoms with E-state index < -0.39 is 0 Å². The molecule has 6 nitrogen and oxygen atoms in total. The van der Waals surface area contributed by atoms with Gasteiger partial charge in [-0.25, -0.2) is 9.97 Å². The molecule has 0 amide bonds. The maximum Gasteiger partial charge on any atom is 0.159 e. The quantitative estimate of drug-likeness (QED) is 0.687. The van der Waals surface area contributed by atoms with Gasteiger partial charge in [0, 0.05) is 57.7 Å². The van der Waals surface area contributed by atoms with E-state index in [4.69, 9.17) is 4.98 Å². The van der Waals surface area contributed by atoms with Crippen LogP contribution in [0.1, 0.15) is 6.92 Å². The first-order valence-electron chi connectivity index (χ1n) is 9.36. The molecule has 0 aliphatic carbocycles. The topological polar surface area (TPSA) is 51.3 Å². The molecule has 1 saturated heterocycles. The van der Waals surface area contributed by atoms with E-state index in [1.54, 1.807) is 0 Å². The van der Waals surface area contributed by atoms with Crippen molar-refractivity contribution in [1.29, 1.82) is 0 Å². The number of nitrogens with zero attached hydrogens (tertiary/aromatic N) is 5. The fraction of sp³-hybridized carbons (Fsp3) is 0.400. The van der Waals surface area contributed by atoms with Gasteiger partial charge in [0.15, 0.2) is 5.65 Å². The number of imidazole rings is 1. The highest BCUT2D eigenvalue weighted by atomic mass is 79.9. The summed E-state index contributed by atoms with van der Waals surface area (Å²) in [5, 5.41) is 0. The molecule has 1 N–H and O–H groups in total. The van der Waals surface area contributed by atoms with Gasteiger partial charge in [-0.05, 0) is 46.7 Å². The number of hydrogen-bond acceptors (Lipinski definition) is 5. The van der Waals surface area contributed by atoms with Gasteiger partial charge in [0.2, 0.25) is 0 Å². The monoisotopic (exact) mass is 428 g/mol. The van der Waals surface area contributed by atoms with Crippen molar-refractivity contribution in [2.24, 2.45) is 0 Å². The van der Waals surface area contributed by atoms with Crippen molar-refractivity contribution in [3.63, 3.8) is 0 Å². The van der Waals surface area contributed by atoms with E-state index in [9.17, 15) is 0 Å². The number of hydrogen-bond donors (Lipinski definition) is 1. The third-order valence-corrected chi connectivity index (χ3v) is 5.82. The van der Waals surface area contributed by atoms with Crippen LogP contribution in [0.3, 0.4) is 0 Å². The number of likely N-dealkylation sites (N-methyl/N-ethyl adjacent to an activating group) is 1. The van der Waals surface area contributed by atoms with Crippen LogP contribution in [0.2, 0.25) is 0 Å². The second kappa shape index (κ2) is 7.48. The molecule has 7 heteroatoms. The number of anilines is 2. The Morgan fingerprint density at radius 3 is 2.44 bits per heavy atom. The minimum Gasteiger partial charge on any atom is -0.378 e. The Morgan fingerprint density at radius 2 is 1.81 bits per heavy atom. The fourth-order valence-corrected chi connectivity index (χ4v) is 4.10. The standard InChI is InChI=1S/C20H25BrN6/c1-4-26-9-11-27(12-10-26)18-16(21)13-22-20-17(18)23-19(24-20)14-5-7-15(8-6-14)25(2)3/h5-8,13H,4,9-12H2,1-3H3,(H,22,23,24). The molecule has 1 aliphatic heterocycles. The van der Waals surface area contributed by atoms with Gasteiger partial charge in [0.25, 0.3) is 0 Å². The second-order valence-electron chi connectivity index (χ2n) is 7.10. The summed E-state index contributed by atoms with van der Waals surface area (Å²) >= 11 is 3.70. The van der Waals surface area contributed by atoms with Crippen LogP contribution in [0, 0.1) is 0 Å². The molecule has 0 radical (unpaired) electrons. The Morgan fingerprint density at radius 1 is 1.11 bits per heavy atom. The van der Waals surface area contributed by atoms with E-state index in [-0.39, 0.29) is 0 Å². The number of pyridine rings is 1. The van der Waals surface area contributed by atoms with Crippen LogP contribution in [0.5, 0.6) is 0 Å². The highest BCUT2D eigenvalue weighted by Crippen LogP contribution is 2.34. The zero-order valence-corrected chi connectivity index (χ0v) is 17.6. The highest BCUT2D eigenvalue weighted by molar-refractivity contribution is 9.10. The molecule has 1 aromatic carbocycles. The Bertz CT molecular complexity index is 926. The van der Waals surface area contributed by atoms with Crippen molar-refractivity contribution in [3.8, 4) is 11.4 Å². The van der Waals surface area contributed by atoms with Gasteiger partial charge in [-0.2, -0.15) is 0 Å². The summed E-state index contributed by atoms with van der Waals surface area (Å²) in [4.78, 5) is 19.8. The van der Waals surface area contributed by atoms with E-state index in [2.05, 4.69) is 71.8 Å². The lowest BCUT2D eigenvalue weighted by Gasteiger charge is -2.35. The predicted octanol–water partition coefficient (Wildman–Crippen LogP) is 3.60. The molecule has 0 bridgehead atoms. The van der Waals surface area contributed by atoms with Crippen molar-refractivity contribution in [1.82, 2.24) is 19.9 Å². The molecule has 3 heterocycles. The summed E-state index contributed by atoms with van der Waals surface area (Å²) in [5.41, 5.74) is 5.14. The Labute approximate surface area is 168 Å². The van der Waals surface area contributed by atoms with E-state index in [1.165, 1.54) is 5.69 Å². The third kappa shape index (κ3) is 3.53. The van der Waals surface area contributed by atoms with Gasteiger partial charge in [-0.15, -0.1) is 0 Å². The minimum absolute atomic E-state index is 0.831. The molecular weight excluding hydrogens is 404 g/mol. The first kappa shape index (κ1) is 18.3. The van der Waals surface area contributed by atoms with Gasteiger partial charge in [0.05, 0.1) is 10.2 Å². The molecule has 0 atom stereocenters. The van der Waals surface area contributed by atoms with Gasteiger partial charge < -0.3 is 19.7 Å². The summed E-state index contributed by atoms with van der Waals surface area (Å²) in [5.74, 6) is 0.856. The lowest BCUT2D eigenvalue weighted by molar-refractivity contribution is 0.271. The average Bonchev–Trinajstić information content (AvgIpc) is 3.12. The van der Waals surface area contributed by atoms with E-state index >= 15 is 0 Å². The minimum atomic E-state index is 0.831. The summed E-state index contributed by atoms with van der Waals surface area (Å²) in [6, 6.07) is 8.41. The van der Waals surface area contributed by atoms with Crippen molar-refractivity contribution >= 4 is 38.5 Å². The zero-order valence-electron chi connectivity index (χ0n) is 16.0. The number of H-pyrrole nitrogens is 1. The lowest BCUT2D eigenvalue weighted by atomic mass is 10.2. The van der Waals surface area contributed by atoms with Crippen molar-refractivity contribution < 1.29 is 0 Å². The summed E-state index contributed by atoms with van der Waals surface area (Å²) in [6.07, 6.45) is 1.88. The zero-order chi connectivity index (χ0) is 19.0. The van der Waals surface area contributed by atoms with Crippen LogP contribution in [0.15, 0.2) is 34.9 Å². The summed E-state index contributed by atoms with van der Waals surface area (Å²) in [7, 11) is 4.09. The Kier molecular flexibility index (Phi) is 5.06. The Balaban J connectivity index is 1.70. The molecule has 1 aliphatic rings. The number of halogens is 1. The maximum atomic E-state index is 4.92. The van der Waals surface area contributed by atoms with E-state index in [0.29, 0.717) is 0 Å². The first-order valence-corrected chi connectivity index (χ1v) is 10.2. The van der Waals surface area contributed by atoms with Crippen molar-refractivity contribution in [3.05, 3.63) is 34.9 Å². The van der Waals surface area contributed by atoms with Crippen LogP contribution in [-0.4, -0.2) is 66.7 Å². The average molecular weight is 429 g/mol. The second-order valence-corrected chi connectivity index (χ2v) is 7.95. The van der Waals surface area contributed by atoms with E-state index in [0.717, 1.165) is 65.4 Å². The van der Waals surface area contributed by atoms with Crippen molar-refractivity contribution in [2.45, 2.75) is 6.92 Å². The van der Waals surface area contributed by atoms with Crippen LogP contribution in [0.25, 0.3) is 22.6 Å². The maximum absolute atomic E-state index is 4.92. The summed E-state index contributed by atoms with van der Waals surface area (Å²) in [6.45, 7) is 7.50. The molecule has 142 valence electrons. The first-order chi connectivity index (χ1) is 13.1. The van der Waals surface area contributed by atoms with Crippen LogP contribution < -0.4 is 9.80 Å². The van der Waals surface area contributed by atoms with Gasteiger partial charge >= 0.3 is 0 Å². The van der Waals surface area contributed by atoms with Gasteiger partial charge in [-0.1, -0.05) is 6.92 Å². The molecule has 0 unspecified atom stereocenters. The molecule has 0 saturated carbocycles. The highest BCUT2D eigenvalue weighted by Gasteiger charge is 2.22. The number of aromatic nitrogens is 3. The predicted molar refractivity (Wildman–Crippen MR) is 116 cm³/mol. The molecule has 3 aromatic rings. The van der Waals surface area contributed by atoms with Crippen LogP contribution in [-0.2, 0) is 0 Å². The lowest BCUT2D eigenvalue weighted by Crippen LogP contribution is -2.46. The molecule has 27 heavy (non-hydrogen) atoms. The molecule has 0 spiro atoms. The molecule has 4 rings (SSSR count). The smallest absolute Gasteiger partial charge is 0.159 e. The Hall–Kier alpha value is -2.12. The van der Waals surface area contributed by atoms with Crippen molar-refractivity contribution in [2.75, 3.05) is 56.6 Å². The summed E-state index contributed by atoms with van der Waals surface area (Å²) < 4.78 is 1.00. The van der Waals surface area contributed by atoms with Crippen LogP contribution in [0.4, 0.5) is 11.4 Å². The molecule has 2 aromatic heterocycles. The van der Waals surface area contributed by atoms with Gasteiger partial charge in [-0.3, -0.25) is 0 Å². The number of fused-ring (bicyclic) bond motifs is 1. The molecular formula is C20H25BrN6. The largest absolute Gasteiger partial charge is 0.378 e. The number of nitrogens with one attached hydrogen (secondary N) is 1. The SMILES string of the molecule is CCN1CCN(c2c(Br)cnc3[nH]c(-c4ccc(N(C)C)cc4)nc23)CC1. The molecule has 1 fully saturated rings. The van der Waals surface area contributed by atoms with E-state index in [1.807, 2.05) is 20.3 Å². The third-order valence-electron chi connectivity index (χ3n) is 5.24. The number of rotatable bonds is 4. The fourth-order valence-electron chi connectivity index (χ4n) is 3.56. The van der Waals surface area contributed by atoms with Gasteiger partial charge in [0.1, 0.15) is 11.3 Å². The van der Waals surface area contributed by atoms with Crippen LogP contribution >= 0.6 is 15.9 Å². The number of benzene rings is 1. The normalized spacial score (nSPS) is 15.5.